The topological polar surface area (TPSA) is 44.4 Å². The van der Waals surface area contributed by atoms with Crippen LogP contribution in [-0.4, -0.2) is 32.6 Å². The Balaban J connectivity index is 2.97. The Bertz CT molecular complexity index is 418. The molecule has 4 nitrogen and oxygen atoms in total. The van der Waals surface area contributed by atoms with Crippen LogP contribution >= 0.6 is 0 Å². The maximum atomic E-state index is 11.6. The van der Waals surface area contributed by atoms with Crippen molar-refractivity contribution >= 4 is 11.6 Å². The highest BCUT2D eigenvalue weighted by atomic mass is 16.1. The Kier molecular flexibility index (Phi) is 6.36. The molecule has 0 aliphatic carbocycles. The number of anilines is 1. The van der Waals surface area contributed by atoms with E-state index in [-0.39, 0.29) is 5.91 Å². The Morgan fingerprint density at radius 1 is 1.32 bits per heavy atom. The summed E-state index contributed by atoms with van der Waals surface area (Å²) >= 11 is 0. The third kappa shape index (κ3) is 4.56. The monoisotopic (exact) mass is 263 g/mol. The fraction of sp³-hybridized carbons (Fsp3) is 0.533. The van der Waals surface area contributed by atoms with Crippen LogP contribution in [0.4, 0.5) is 5.69 Å². The molecule has 1 rings (SSSR count). The van der Waals surface area contributed by atoms with Crippen LogP contribution in [0.1, 0.15) is 25.0 Å². The molecule has 0 aliphatic rings. The van der Waals surface area contributed by atoms with Gasteiger partial charge < -0.3 is 15.5 Å². The molecule has 0 aliphatic heterocycles. The van der Waals surface area contributed by atoms with Gasteiger partial charge in [0.05, 0.1) is 6.54 Å². The molecule has 0 unspecified atom stereocenters. The lowest BCUT2D eigenvalue weighted by Gasteiger charge is -2.25. The minimum absolute atomic E-state index is 0.0387. The summed E-state index contributed by atoms with van der Waals surface area (Å²) in [4.78, 5) is 13.7. The molecule has 0 radical (unpaired) electrons. The van der Waals surface area contributed by atoms with E-state index in [2.05, 4.69) is 54.5 Å². The first-order valence-corrected chi connectivity index (χ1v) is 6.88. The van der Waals surface area contributed by atoms with Gasteiger partial charge in [0, 0.05) is 25.8 Å². The van der Waals surface area contributed by atoms with E-state index in [1.54, 1.807) is 7.05 Å². The van der Waals surface area contributed by atoms with Crippen molar-refractivity contribution in [3.8, 4) is 0 Å². The Labute approximate surface area is 116 Å². The third-order valence-electron chi connectivity index (χ3n) is 3.14. The maximum absolute atomic E-state index is 11.6. The van der Waals surface area contributed by atoms with Gasteiger partial charge in [-0.1, -0.05) is 24.6 Å². The first-order chi connectivity index (χ1) is 9.12. The SMILES string of the molecule is CCNCc1cc(C)ccc1N(CC)CC(=O)NC. The summed E-state index contributed by atoms with van der Waals surface area (Å²) in [5.41, 5.74) is 3.62. The van der Waals surface area contributed by atoms with Gasteiger partial charge in [-0.25, -0.2) is 0 Å². The van der Waals surface area contributed by atoms with Gasteiger partial charge in [0.15, 0.2) is 0 Å². The Hall–Kier alpha value is -1.55. The van der Waals surface area contributed by atoms with Crippen LogP contribution in [0.15, 0.2) is 18.2 Å². The smallest absolute Gasteiger partial charge is 0.239 e. The van der Waals surface area contributed by atoms with Gasteiger partial charge in [-0.2, -0.15) is 0 Å². The van der Waals surface area contributed by atoms with Gasteiger partial charge in [0.25, 0.3) is 0 Å². The number of carbonyl (C=O) groups excluding carboxylic acids is 1. The molecule has 0 aromatic heterocycles. The molecule has 19 heavy (non-hydrogen) atoms. The average Bonchev–Trinajstić information content (AvgIpc) is 2.42. The van der Waals surface area contributed by atoms with Crippen molar-refractivity contribution in [3.63, 3.8) is 0 Å². The molecule has 0 saturated carbocycles. The summed E-state index contributed by atoms with van der Waals surface area (Å²) in [6, 6.07) is 6.39. The fourth-order valence-corrected chi connectivity index (χ4v) is 2.04. The van der Waals surface area contributed by atoms with Gasteiger partial charge in [0.2, 0.25) is 5.91 Å². The quantitative estimate of drug-likeness (QED) is 0.786. The van der Waals surface area contributed by atoms with E-state index in [4.69, 9.17) is 0 Å². The zero-order valence-corrected chi connectivity index (χ0v) is 12.4. The summed E-state index contributed by atoms with van der Waals surface area (Å²) in [5, 5.41) is 6.03. The van der Waals surface area contributed by atoms with Crippen molar-refractivity contribution in [2.24, 2.45) is 0 Å². The number of nitrogens with zero attached hydrogens (tertiary/aromatic N) is 1. The number of aryl methyl sites for hydroxylation is 1. The van der Waals surface area contributed by atoms with Crippen molar-refractivity contribution < 1.29 is 4.79 Å². The fourth-order valence-electron chi connectivity index (χ4n) is 2.04. The molecule has 106 valence electrons. The number of amides is 1. The summed E-state index contributed by atoms with van der Waals surface area (Å²) in [5.74, 6) is 0.0387. The van der Waals surface area contributed by atoms with Gasteiger partial charge >= 0.3 is 0 Å². The maximum Gasteiger partial charge on any atom is 0.239 e. The zero-order valence-electron chi connectivity index (χ0n) is 12.4. The number of carbonyl (C=O) groups is 1. The summed E-state index contributed by atoms with van der Waals surface area (Å²) in [6.07, 6.45) is 0. The van der Waals surface area contributed by atoms with Crippen molar-refractivity contribution in [1.29, 1.82) is 0 Å². The second-order valence-corrected chi connectivity index (χ2v) is 4.60. The van der Waals surface area contributed by atoms with Crippen molar-refractivity contribution in [1.82, 2.24) is 10.6 Å². The van der Waals surface area contributed by atoms with Crippen molar-refractivity contribution in [2.45, 2.75) is 27.3 Å². The Morgan fingerprint density at radius 3 is 2.63 bits per heavy atom. The van der Waals surface area contributed by atoms with E-state index < -0.39 is 0 Å². The zero-order chi connectivity index (χ0) is 14.3. The highest BCUT2D eigenvalue weighted by molar-refractivity contribution is 5.81. The molecular weight excluding hydrogens is 238 g/mol. The molecule has 0 fully saturated rings. The van der Waals surface area contributed by atoms with Crippen molar-refractivity contribution in [3.05, 3.63) is 29.3 Å². The number of nitrogens with one attached hydrogen (secondary N) is 2. The number of hydrogen-bond donors (Lipinski definition) is 2. The summed E-state index contributed by atoms with van der Waals surface area (Å²) < 4.78 is 0. The minimum atomic E-state index is 0.0387. The first kappa shape index (κ1) is 15.5. The lowest BCUT2D eigenvalue weighted by atomic mass is 10.1. The number of hydrogen-bond acceptors (Lipinski definition) is 3. The van der Waals surface area contributed by atoms with Crippen LogP contribution in [-0.2, 0) is 11.3 Å². The van der Waals surface area contributed by atoms with Crippen LogP contribution in [0, 0.1) is 6.92 Å². The van der Waals surface area contributed by atoms with Crippen LogP contribution in [0.2, 0.25) is 0 Å². The molecular formula is C15H25N3O. The standard InChI is InChI=1S/C15H25N3O/c1-5-17-10-13-9-12(3)7-8-14(13)18(6-2)11-15(19)16-4/h7-9,17H,5-6,10-11H2,1-4H3,(H,16,19). The largest absolute Gasteiger partial charge is 0.362 e. The Morgan fingerprint density at radius 2 is 2.05 bits per heavy atom. The second kappa shape index (κ2) is 7.79. The van der Waals surface area contributed by atoms with Gasteiger partial charge in [0.1, 0.15) is 0 Å². The van der Waals surface area contributed by atoms with Crippen LogP contribution in [0.5, 0.6) is 0 Å². The molecule has 1 aromatic carbocycles. The van der Waals surface area contributed by atoms with Gasteiger partial charge in [-0.3, -0.25) is 4.79 Å². The lowest BCUT2D eigenvalue weighted by molar-refractivity contribution is -0.119. The van der Waals surface area contributed by atoms with E-state index in [9.17, 15) is 4.79 Å². The van der Waals surface area contributed by atoms with Gasteiger partial charge in [-0.05, 0) is 32.0 Å². The molecule has 1 amide bonds. The molecule has 0 atom stereocenters. The number of likely N-dealkylation sites (N-methyl/N-ethyl adjacent to an activating group) is 2. The van der Waals surface area contributed by atoms with Crippen LogP contribution in [0.3, 0.4) is 0 Å². The molecule has 0 saturated heterocycles. The van der Waals surface area contributed by atoms with Crippen LogP contribution in [0.25, 0.3) is 0 Å². The van der Waals surface area contributed by atoms with Crippen LogP contribution < -0.4 is 15.5 Å². The molecule has 4 heteroatoms. The molecule has 0 bridgehead atoms. The average molecular weight is 263 g/mol. The third-order valence-corrected chi connectivity index (χ3v) is 3.14. The van der Waals surface area contributed by atoms with E-state index in [0.717, 1.165) is 25.3 Å². The van der Waals surface area contributed by atoms with Gasteiger partial charge in [-0.15, -0.1) is 0 Å². The van der Waals surface area contributed by atoms with E-state index >= 15 is 0 Å². The second-order valence-electron chi connectivity index (χ2n) is 4.60. The molecule has 0 heterocycles. The molecule has 0 spiro atoms. The predicted molar refractivity (Wildman–Crippen MR) is 80.5 cm³/mol. The number of benzene rings is 1. The first-order valence-electron chi connectivity index (χ1n) is 6.88. The highest BCUT2D eigenvalue weighted by Crippen LogP contribution is 2.21. The summed E-state index contributed by atoms with van der Waals surface area (Å²) in [6.45, 7) is 9.24. The number of rotatable bonds is 7. The van der Waals surface area contributed by atoms with E-state index in [1.165, 1.54) is 11.1 Å². The van der Waals surface area contributed by atoms with E-state index in [1.807, 2.05) is 0 Å². The minimum Gasteiger partial charge on any atom is -0.362 e. The van der Waals surface area contributed by atoms with E-state index in [0.29, 0.717) is 6.54 Å². The normalized spacial score (nSPS) is 10.3. The molecule has 1 aromatic rings. The molecule has 2 N–H and O–H groups in total. The summed E-state index contributed by atoms with van der Waals surface area (Å²) in [7, 11) is 1.67. The highest BCUT2D eigenvalue weighted by Gasteiger charge is 2.12. The lowest BCUT2D eigenvalue weighted by Crippen LogP contribution is -2.36. The predicted octanol–water partition coefficient (Wildman–Crippen LogP) is 1.68. The van der Waals surface area contributed by atoms with Crippen molar-refractivity contribution in [2.75, 3.05) is 31.6 Å².